The molecule has 1 atom stereocenters. The highest BCUT2D eigenvalue weighted by molar-refractivity contribution is 5.85. The topological polar surface area (TPSA) is 44.7 Å². The van der Waals surface area contributed by atoms with E-state index in [1.54, 1.807) is 19.2 Å². The molecule has 22 heavy (non-hydrogen) atoms. The number of aromatic hydroxyl groups is 1. The number of rotatable bonds is 6. The number of nitrogens with zero attached hydrogens (tertiary/aromatic N) is 1. The second-order valence-electron chi connectivity index (χ2n) is 5.09. The molecule has 0 aromatic heterocycles. The summed E-state index contributed by atoms with van der Waals surface area (Å²) in [5, 5.41) is 13.0. The van der Waals surface area contributed by atoms with Gasteiger partial charge in [-0.2, -0.15) is 0 Å². The quantitative estimate of drug-likeness (QED) is 0.775. The third-order valence-electron chi connectivity index (χ3n) is 3.81. The molecule has 0 saturated carbocycles. The predicted molar refractivity (Wildman–Crippen MR) is 95.8 cm³/mol. The van der Waals surface area contributed by atoms with Gasteiger partial charge in [0.15, 0.2) is 0 Å². The van der Waals surface area contributed by atoms with Crippen LogP contribution in [0, 0.1) is 0 Å². The first-order chi connectivity index (χ1) is 9.76. The van der Waals surface area contributed by atoms with Gasteiger partial charge in [-0.25, -0.2) is 0 Å². The Bertz CT molecular complexity index is 452. The third kappa shape index (κ3) is 5.36. The number of ether oxygens (including phenoxy) is 1. The average Bonchev–Trinajstić information content (AvgIpc) is 2.49. The summed E-state index contributed by atoms with van der Waals surface area (Å²) in [5.74, 6) is 1.01. The van der Waals surface area contributed by atoms with E-state index >= 15 is 0 Å². The monoisotopic (exact) mass is 348 g/mol. The number of nitrogens with one attached hydrogen (secondary N) is 1. The molecule has 1 aliphatic heterocycles. The Morgan fingerprint density at radius 3 is 2.64 bits per heavy atom. The molecule has 6 heteroatoms. The first-order valence-corrected chi connectivity index (χ1v) is 7.19. The third-order valence-corrected chi connectivity index (χ3v) is 3.81. The van der Waals surface area contributed by atoms with Crippen LogP contribution in [0.5, 0.6) is 11.5 Å². The van der Waals surface area contributed by atoms with Crippen molar-refractivity contribution in [2.75, 3.05) is 33.3 Å². The standard InChI is InChI=1S/C16H24N2O2.2ClH/c1-3-4-5-15(18-10-8-17-9-11-18)14-7-6-13(19)12-16(14)20-2;;/h3,6-7,12,15,17,19H,1,4-5,8-11H2,2H3;2*1H/t15-;;/m1../s1. The van der Waals surface area contributed by atoms with E-state index < -0.39 is 0 Å². The van der Waals surface area contributed by atoms with Gasteiger partial charge in [-0.1, -0.05) is 12.1 Å². The number of halogens is 2. The van der Waals surface area contributed by atoms with Crippen molar-refractivity contribution in [1.82, 2.24) is 10.2 Å². The lowest BCUT2D eigenvalue weighted by molar-refractivity contribution is 0.163. The number of hydrogen-bond donors (Lipinski definition) is 2. The normalized spacial score (nSPS) is 16.0. The van der Waals surface area contributed by atoms with Crippen LogP contribution in [0.15, 0.2) is 30.9 Å². The van der Waals surface area contributed by atoms with Crippen LogP contribution >= 0.6 is 24.8 Å². The number of phenolic OH excluding ortho intramolecular Hbond substituents is 1. The second-order valence-corrected chi connectivity index (χ2v) is 5.09. The minimum absolute atomic E-state index is 0. The minimum atomic E-state index is 0. The largest absolute Gasteiger partial charge is 0.508 e. The number of piperazine rings is 1. The van der Waals surface area contributed by atoms with E-state index in [1.165, 1.54) is 0 Å². The number of benzene rings is 1. The lowest BCUT2D eigenvalue weighted by Crippen LogP contribution is -2.45. The summed E-state index contributed by atoms with van der Waals surface area (Å²) >= 11 is 0. The zero-order valence-corrected chi connectivity index (χ0v) is 14.6. The highest BCUT2D eigenvalue weighted by Gasteiger charge is 2.24. The SMILES string of the molecule is C=CCC[C@H](c1ccc(O)cc1OC)N1CCNCC1.Cl.Cl. The van der Waals surface area contributed by atoms with E-state index in [-0.39, 0.29) is 30.6 Å². The van der Waals surface area contributed by atoms with E-state index in [0.717, 1.165) is 50.3 Å². The summed E-state index contributed by atoms with van der Waals surface area (Å²) in [6.07, 6.45) is 3.95. The fraction of sp³-hybridized carbons (Fsp3) is 0.500. The zero-order chi connectivity index (χ0) is 14.4. The highest BCUT2D eigenvalue weighted by atomic mass is 35.5. The van der Waals surface area contributed by atoms with Crippen LogP contribution in [0.25, 0.3) is 0 Å². The van der Waals surface area contributed by atoms with Gasteiger partial charge in [0.1, 0.15) is 11.5 Å². The van der Waals surface area contributed by atoms with Gasteiger partial charge in [0.25, 0.3) is 0 Å². The molecule has 2 rings (SSSR count). The van der Waals surface area contributed by atoms with E-state index in [1.807, 2.05) is 12.1 Å². The average molecular weight is 349 g/mol. The molecule has 1 aliphatic rings. The Hall–Kier alpha value is -0.940. The molecule has 0 aliphatic carbocycles. The molecule has 0 radical (unpaired) electrons. The first kappa shape index (κ1) is 21.1. The fourth-order valence-corrected chi connectivity index (χ4v) is 2.78. The van der Waals surface area contributed by atoms with Crippen LogP contribution in [-0.4, -0.2) is 43.3 Å². The van der Waals surface area contributed by atoms with Crippen molar-refractivity contribution >= 4 is 24.8 Å². The summed E-state index contributed by atoms with van der Waals surface area (Å²) in [6.45, 7) is 7.93. The summed E-state index contributed by atoms with van der Waals surface area (Å²) in [5.41, 5.74) is 1.15. The fourth-order valence-electron chi connectivity index (χ4n) is 2.78. The Morgan fingerprint density at radius 1 is 1.36 bits per heavy atom. The van der Waals surface area contributed by atoms with Gasteiger partial charge in [-0.05, 0) is 18.9 Å². The van der Waals surface area contributed by atoms with Crippen molar-refractivity contribution in [2.45, 2.75) is 18.9 Å². The molecular weight excluding hydrogens is 323 g/mol. The number of phenols is 1. The van der Waals surface area contributed by atoms with Gasteiger partial charge in [-0.15, -0.1) is 31.4 Å². The molecule has 1 aromatic carbocycles. The zero-order valence-electron chi connectivity index (χ0n) is 13.0. The molecule has 4 nitrogen and oxygen atoms in total. The molecule has 1 heterocycles. The molecule has 126 valence electrons. The maximum absolute atomic E-state index is 9.62. The summed E-state index contributed by atoms with van der Waals surface area (Å²) in [4.78, 5) is 2.48. The van der Waals surface area contributed by atoms with Gasteiger partial charge in [-0.3, -0.25) is 4.90 Å². The molecule has 2 N–H and O–H groups in total. The maximum Gasteiger partial charge on any atom is 0.127 e. The Balaban J connectivity index is 0.00000220. The van der Waals surface area contributed by atoms with Gasteiger partial charge in [0, 0.05) is 43.9 Å². The van der Waals surface area contributed by atoms with Crippen LogP contribution in [-0.2, 0) is 0 Å². The number of allylic oxidation sites excluding steroid dienone is 1. The molecule has 0 unspecified atom stereocenters. The van der Waals surface area contributed by atoms with Crippen molar-refractivity contribution in [2.24, 2.45) is 0 Å². The van der Waals surface area contributed by atoms with Crippen molar-refractivity contribution in [3.63, 3.8) is 0 Å². The second kappa shape index (κ2) is 10.7. The Morgan fingerprint density at radius 2 is 2.05 bits per heavy atom. The summed E-state index contributed by atoms with van der Waals surface area (Å²) in [6, 6.07) is 5.72. The van der Waals surface area contributed by atoms with E-state index in [2.05, 4.69) is 16.8 Å². The van der Waals surface area contributed by atoms with Gasteiger partial charge >= 0.3 is 0 Å². The Kier molecular flexibility index (Phi) is 10.3. The van der Waals surface area contributed by atoms with Crippen molar-refractivity contribution in [3.05, 3.63) is 36.4 Å². The van der Waals surface area contributed by atoms with Crippen LogP contribution < -0.4 is 10.1 Å². The van der Waals surface area contributed by atoms with E-state index in [0.29, 0.717) is 6.04 Å². The number of methoxy groups -OCH3 is 1. The van der Waals surface area contributed by atoms with Crippen LogP contribution in [0.3, 0.4) is 0 Å². The first-order valence-electron chi connectivity index (χ1n) is 7.19. The molecule has 0 amide bonds. The minimum Gasteiger partial charge on any atom is -0.508 e. The molecule has 1 fully saturated rings. The van der Waals surface area contributed by atoms with Crippen molar-refractivity contribution < 1.29 is 9.84 Å². The highest BCUT2D eigenvalue weighted by Crippen LogP contribution is 2.35. The number of hydrogen-bond acceptors (Lipinski definition) is 4. The maximum atomic E-state index is 9.62. The Labute approximate surface area is 145 Å². The molecule has 0 spiro atoms. The predicted octanol–water partition coefficient (Wildman–Crippen LogP) is 3.16. The lowest BCUT2D eigenvalue weighted by atomic mass is 9.98. The van der Waals surface area contributed by atoms with Gasteiger partial charge in [0.2, 0.25) is 0 Å². The molecule has 0 bridgehead atoms. The van der Waals surface area contributed by atoms with Crippen LogP contribution in [0.2, 0.25) is 0 Å². The van der Waals surface area contributed by atoms with Gasteiger partial charge < -0.3 is 15.2 Å². The van der Waals surface area contributed by atoms with E-state index in [4.69, 9.17) is 4.74 Å². The molecule has 1 aromatic rings. The van der Waals surface area contributed by atoms with Gasteiger partial charge in [0.05, 0.1) is 7.11 Å². The smallest absolute Gasteiger partial charge is 0.127 e. The van der Waals surface area contributed by atoms with Crippen molar-refractivity contribution in [3.8, 4) is 11.5 Å². The lowest BCUT2D eigenvalue weighted by Gasteiger charge is -2.35. The molecule has 1 saturated heterocycles. The molecular formula is C16H26Cl2N2O2. The summed E-state index contributed by atoms with van der Waals surface area (Å²) < 4.78 is 5.45. The van der Waals surface area contributed by atoms with E-state index in [9.17, 15) is 5.11 Å². The van der Waals surface area contributed by atoms with Crippen LogP contribution in [0.1, 0.15) is 24.4 Å². The van der Waals surface area contributed by atoms with Crippen molar-refractivity contribution in [1.29, 1.82) is 0 Å². The summed E-state index contributed by atoms with van der Waals surface area (Å²) in [7, 11) is 1.65. The van der Waals surface area contributed by atoms with Crippen LogP contribution in [0.4, 0.5) is 0 Å².